The van der Waals surface area contributed by atoms with E-state index in [0.717, 1.165) is 25.7 Å². The number of benzene rings is 1. The normalized spacial score (nSPS) is 17.4. The minimum Gasteiger partial charge on any atom is -0.396 e. The first-order valence-electron chi connectivity index (χ1n) is 6.76. The Morgan fingerprint density at radius 2 is 2.11 bits per heavy atom. The molecule has 19 heavy (non-hydrogen) atoms. The summed E-state index contributed by atoms with van der Waals surface area (Å²) in [5.41, 5.74) is 0.527. The molecule has 1 aliphatic carbocycles. The molecule has 1 aromatic rings. The molecule has 2 N–H and O–H groups in total. The van der Waals surface area contributed by atoms with E-state index in [1.54, 1.807) is 12.1 Å². The summed E-state index contributed by atoms with van der Waals surface area (Å²) in [6.45, 7) is 0.630. The molecule has 0 heterocycles. The molecule has 0 aromatic heterocycles. The van der Waals surface area contributed by atoms with E-state index >= 15 is 0 Å². The number of nitrogens with one attached hydrogen (secondary N) is 1. The molecule has 0 radical (unpaired) electrons. The molecule has 1 fully saturated rings. The van der Waals surface area contributed by atoms with E-state index in [9.17, 15) is 14.3 Å². The first-order chi connectivity index (χ1) is 9.13. The monoisotopic (exact) mass is 265 g/mol. The molecule has 0 bridgehead atoms. The lowest BCUT2D eigenvalue weighted by Gasteiger charge is -2.26. The molecule has 1 aromatic carbocycles. The summed E-state index contributed by atoms with van der Waals surface area (Å²) in [5, 5.41) is 12.3. The molecular weight excluding hydrogens is 245 g/mol. The Balaban J connectivity index is 1.84. The van der Waals surface area contributed by atoms with Crippen LogP contribution in [-0.2, 0) is 11.2 Å². The molecule has 3 nitrogen and oxygen atoms in total. The van der Waals surface area contributed by atoms with Gasteiger partial charge in [-0.15, -0.1) is 0 Å². The molecular formula is C15H20FNO2. The molecule has 0 saturated heterocycles. The largest absolute Gasteiger partial charge is 0.396 e. The molecule has 104 valence electrons. The molecule has 2 rings (SSSR count). The summed E-state index contributed by atoms with van der Waals surface area (Å²) in [6.07, 6.45) is 4.33. The Kier molecular flexibility index (Phi) is 4.53. The molecule has 0 spiro atoms. The third kappa shape index (κ3) is 3.77. The highest BCUT2D eigenvalue weighted by Crippen LogP contribution is 2.36. The average Bonchev–Trinajstić information content (AvgIpc) is 2.86. The summed E-state index contributed by atoms with van der Waals surface area (Å²) >= 11 is 0. The number of hydrogen-bond acceptors (Lipinski definition) is 2. The zero-order valence-electron chi connectivity index (χ0n) is 11.0. The van der Waals surface area contributed by atoms with Crippen molar-refractivity contribution in [2.24, 2.45) is 5.41 Å². The summed E-state index contributed by atoms with van der Waals surface area (Å²) in [6, 6.07) is 6.07. The third-order valence-electron chi connectivity index (χ3n) is 3.91. The van der Waals surface area contributed by atoms with Crippen LogP contribution in [0.5, 0.6) is 0 Å². The second-order valence-corrected chi connectivity index (χ2v) is 5.45. The quantitative estimate of drug-likeness (QED) is 0.856. The fourth-order valence-electron chi connectivity index (χ4n) is 2.70. The Morgan fingerprint density at radius 3 is 2.74 bits per heavy atom. The number of aliphatic hydroxyl groups excluding tert-OH is 1. The van der Waals surface area contributed by atoms with Gasteiger partial charge in [0, 0.05) is 12.0 Å². The highest BCUT2D eigenvalue weighted by molar-refractivity contribution is 5.78. The van der Waals surface area contributed by atoms with Crippen molar-refractivity contribution in [1.29, 1.82) is 0 Å². The predicted molar refractivity (Wildman–Crippen MR) is 71.1 cm³/mol. The molecule has 0 unspecified atom stereocenters. The van der Waals surface area contributed by atoms with Gasteiger partial charge < -0.3 is 10.4 Å². The summed E-state index contributed by atoms with van der Waals surface area (Å²) in [7, 11) is 0. The highest BCUT2D eigenvalue weighted by Gasteiger charge is 2.33. The van der Waals surface area contributed by atoms with Crippen LogP contribution in [-0.4, -0.2) is 24.2 Å². The Hall–Kier alpha value is -1.42. The predicted octanol–water partition coefficient (Wildman–Crippen LogP) is 2.04. The Morgan fingerprint density at radius 1 is 1.37 bits per heavy atom. The smallest absolute Gasteiger partial charge is 0.224 e. The number of carbonyl (C=O) groups excluding carboxylic acids is 1. The lowest BCUT2D eigenvalue weighted by molar-refractivity contribution is -0.121. The number of hydrogen-bond donors (Lipinski definition) is 2. The molecule has 0 atom stereocenters. The van der Waals surface area contributed by atoms with Crippen LogP contribution >= 0.6 is 0 Å². The van der Waals surface area contributed by atoms with E-state index in [2.05, 4.69) is 5.32 Å². The average molecular weight is 265 g/mol. The van der Waals surface area contributed by atoms with Crippen molar-refractivity contribution in [2.45, 2.75) is 32.1 Å². The van der Waals surface area contributed by atoms with Gasteiger partial charge in [0.1, 0.15) is 5.82 Å². The van der Waals surface area contributed by atoms with Crippen molar-refractivity contribution in [2.75, 3.05) is 13.2 Å². The fraction of sp³-hybridized carbons (Fsp3) is 0.533. The van der Waals surface area contributed by atoms with Gasteiger partial charge in [-0.1, -0.05) is 25.0 Å². The maximum absolute atomic E-state index is 13.0. The maximum atomic E-state index is 13.0. The number of carbonyl (C=O) groups is 1. The van der Waals surface area contributed by atoms with E-state index < -0.39 is 0 Å². The minimum absolute atomic E-state index is 0.118. The highest BCUT2D eigenvalue weighted by atomic mass is 19.1. The van der Waals surface area contributed by atoms with Gasteiger partial charge in [-0.3, -0.25) is 4.79 Å². The SMILES string of the molecule is O=C(Cc1cccc(F)c1)NCC1(CO)CCCC1. The number of rotatable bonds is 5. The molecule has 0 aliphatic heterocycles. The number of amides is 1. The second kappa shape index (κ2) is 6.15. The van der Waals surface area contributed by atoms with Crippen molar-refractivity contribution in [3.8, 4) is 0 Å². The lowest BCUT2D eigenvalue weighted by Crippen LogP contribution is -2.38. The van der Waals surface area contributed by atoms with Crippen LogP contribution < -0.4 is 5.32 Å². The van der Waals surface area contributed by atoms with Gasteiger partial charge in [0.2, 0.25) is 5.91 Å². The van der Waals surface area contributed by atoms with Gasteiger partial charge in [0.25, 0.3) is 0 Å². The topological polar surface area (TPSA) is 49.3 Å². The van der Waals surface area contributed by atoms with Crippen molar-refractivity contribution in [3.05, 3.63) is 35.6 Å². The van der Waals surface area contributed by atoms with E-state index in [0.29, 0.717) is 12.1 Å². The Labute approximate surface area is 112 Å². The minimum atomic E-state index is -0.326. The zero-order chi connectivity index (χ0) is 13.7. The van der Waals surface area contributed by atoms with Crippen molar-refractivity contribution >= 4 is 5.91 Å². The number of aliphatic hydroxyl groups is 1. The van der Waals surface area contributed by atoms with E-state index in [4.69, 9.17) is 0 Å². The van der Waals surface area contributed by atoms with Crippen LogP contribution in [0.1, 0.15) is 31.2 Å². The molecule has 4 heteroatoms. The first-order valence-corrected chi connectivity index (χ1v) is 6.76. The Bertz CT molecular complexity index is 442. The van der Waals surface area contributed by atoms with Crippen LogP contribution in [0.15, 0.2) is 24.3 Å². The summed E-state index contributed by atoms with van der Waals surface area (Å²) in [4.78, 5) is 11.8. The van der Waals surface area contributed by atoms with Crippen LogP contribution in [0.4, 0.5) is 4.39 Å². The lowest BCUT2D eigenvalue weighted by atomic mass is 9.87. The van der Waals surface area contributed by atoms with Crippen LogP contribution in [0.25, 0.3) is 0 Å². The fourth-order valence-corrected chi connectivity index (χ4v) is 2.70. The van der Waals surface area contributed by atoms with Gasteiger partial charge in [-0.2, -0.15) is 0 Å². The van der Waals surface area contributed by atoms with Crippen molar-refractivity contribution < 1.29 is 14.3 Å². The van der Waals surface area contributed by atoms with E-state index in [-0.39, 0.29) is 30.2 Å². The molecule has 1 saturated carbocycles. The maximum Gasteiger partial charge on any atom is 0.224 e. The van der Waals surface area contributed by atoms with E-state index in [1.807, 2.05) is 0 Å². The standard InChI is InChI=1S/C15H20FNO2/c16-13-5-3-4-12(8-13)9-14(19)17-10-15(11-18)6-1-2-7-15/h3-5,8,18H,1-2,6-7,9-11H2,(H,17,19). The van der Waals surface area contributed by atoms with Crippen LogP contribution in [0.3, 0.4) is 0 Å². The van der Waals surface area contributed by atoms with Crippen molar-refractivity contribution in [1.82, 2.24) is 5.32 Å². The van der Waals surface area contributed by atoms with Crippen molar-refractivity contribution in [3.63, 3.8) is 0 Å². The first kappa shape index (κ1) is 14.0. The van der Waals surface area contributed by atoms with Crippen LogP contribution in [0.2, 0.25) is 0 Å². The van der Waals surface area contributed by atoms with Crippen LogP contribution in [0, 0.1) is 11.2 Å². The molecule has 1 amide bonds. The second-order valence-electron chi connectivity index (χ2n) is 5.45. The third-order valence-corrected chi connectivity index (χ3v) is 3.91. The summed E-state index contributed by atoms with van der Waals surface area (Å²) in [5.74, 6) is -0.446. The zero-order valence-corrected chi connectivity index (χ0v) is 11.0. The van der Waals surface area contributed by atoms with Gasteiger partial charge in [0.05, 0.1) is 13.0 Å². The van der Waals surface area contributed by atoms with Gasteiger partial charge >= 0.3 is 0 Å². The number of halogens is 1. The van der Waals surface area contributed by atoms with E-state index in [1.165, 1.54) is 12.1 Å². The summed E-state index contributed by atoms with van der Waals surface area (Å²) < 4.78 is 13.0. The van der Waals surface area contributed by atoms with Gasteiger partial charge in [0.15, 0.2) is 0 Å². The molecule has 1 aliphatic rings. The van der Waals surface area contributed by atoms with Gasteiger partial charge in [-0.05, 0) is 30.5 Å². The van der Waals surface area contributed by atoms with Gasteiger partial charge in [-0.25, -0.2) is 4.39 Å².